The molecule has 1 unspecified atom stereocenters. The fourth-order valence-corrected chi connectivity index (χ4v) is 2.58. The summed E-state index contributed by atoms with van der Waals surface area (Å²) in [6.45, 7) is 6.55. The van der Waals surface area contributed by atoms with Crippen molar-refractivity contribution in [2.75, 3.05) is 6.61 Å². The van der Waals surface area contributed by atoms with E-state index >= 15 is 0 Å². The molecule has 1 N–H and O–H groups in total. The third-order valence-electron chi connectivity index (χ3n) is 4.11. The van der Waals surface area contributed by atoms with E-state index in [1.165, 1.54) is 32.3 Å². The normalized spacial score (nSPS) is 12.0. The molecule has 0 aromatic heterocycles. The van der Waals surface area contributed by atoms with Crippen LogP contribution in [0.3, 0.4) is 0 Å². The lowest BCUT2D eigenvalue weighted by Gasteiger charge is -2.16. The summed E-state index contributed by atoms with van der Waals surface area (Å²) in [7, 11) is 0. The van der Waals surface area contributed by atoms with Crippen LogP contribution in [0.25, 0.3) is 0 Å². The van der Waals surface area contributed by atoms with E-state index < -0.39 is 0 Å². The van der Waals surface area contributed by atoms with Gasteiger partial charge in [-0.05, 0) is 49.5 Å². The zero-order chi connectivity index (χ0) is 17.2. The molecule has 0 aliphatic carbocycles. The van der Waals surface area contributed by atoms with Crippen LogP contribution >= 0.6 is 12.2 Å². The van der Waals surface area contributed by atoms with Crippen LogP contribution in [-0.4, -0.2) is 22.5 Å². The molecule has 3 nitrogen and oxygen atoms in total. The second-order valence-electron chi connectivity index (χ2n) is 6.00. The van der Waals surface area contributed by atoms with Gasteiger partial charge < -0.3 is 9.84 Å². The Balaban J connectivity index is 2.42. The topological polar surface area (TPSA) is 46.5 Å². The number of carbonyl (C=O) groups excluding carboxylic acids is 1. The maximum Gasteiger partial charge on any atom is 0.160 e. The summed E-state index contributed by atoms with van der Waals surface area (Å²) in [5.74, 6) is 0.662. The number of carbonyl (C=O) groups is 1. The van der Waals surface area contributed by atoms with Crippen molar-refractivity contribution in [3.8, 4) is 5.75 Å². The van der Waals surface area contributed by atoms with Gasteiger partial charge in [0.15, 0.2) is 10.8 Å². The van der Waals surface area contributed by atoms with Crippen molar-refractivity contribution >= 4 is 23.1 Å². The third kappa shape index (κ3) is 7.12. The molecule has 1 aromatic rings. The minimum absolute atomic E-state index is 0.0524. The van der Waals surface area contributed by atoms with Crippen molar-refractivity contribution in [3.05, 3.63) is 29.3 Å². The lowest BCUT2D eigenvalue weighted by molar-refractivity contribution is 0.101. The number of ether oxygens (including phenoxy) is 1. The van der Waals surface area contributed by atoms with E-state index in [9.17, 15) is 9.90 Å². The van der Waals surface area contributed by atoms with E-state index in [0.717, 1.165) is 12.0 Å². The molecule has 1 aromatic carbocycles. The van der Waals surface area contributed by atoms with Crippen LogP contribution < -0.4 is 0 Å². The van der Waals surface area contributed by atoms with Gasteiger partial charge in [0, 0.05) is 12.0 Å². The van der Waals surface area contributed by atoms with Crippen LogP contribution in [0.4, 0.5) is 0 Å². The number of ketones is 1. The van der Waals surface area contributed by atoms with Gasteiger partial charge in [-0.15, -0.1) is 0 Å². The number of aryl methyl sites for hydroxylation is 1. The van der Waals surface area contributed by atoms with Crippen LogP contribution in [0, 0.1) is 5.92 Å². The molecule has 0 amide bonds. The molecule has 0 spiro atoms. The second kappa shape index (κ2) is 10.4. The number of rotatable bonds is 10. The molecule has 0 bridgehead atoms. The summed E-state index contributed by atoms with van der Waals surface area (Å²) < 4.78 is 5.71. The third-order valence-corrected chi connectivity index (χ3v) is 4.44. The first kappa shape index (κ1) is 19.6. The molecule has 128 valence electrons. The molecular formula is C19H28O3S. The highest BCUT2D eigenvalue weighted by molar-refractivity contribution is 7.80. The minimum atomic E-state index is -0.0524. The van der Waals surface area contributed by atoms with Crippen LogP contribution in [0.5, 0.6) is 5.75 Å². The Bertz CT molecular complexity index is 525. The number of Topliss-reactive ketones (excluding diaryl/α,β-unsaturated/α-hetero) is 1. The average Bonchev–Trinajstić information content (AvgIpc) is 2.53. The lowest BCUT2D eigenvalue weighted by atomic mass is 10.0. The van der Waals surface area contributed by atoms with E-state index in [4.69, 9.17) is 17.0 Å². The van der Waals surface area contributed by atoms with Gasteiger partial charge in [0.1, 0.15) is 5.75 Å². The summed E-state index contributed by atoms with van der Waals surface area (Å²) >= 11 is 5.28. The number of phenolic OH excluding ortho intramolecular Hbond substituents is 1. The predicted octanol–water partition coefficient (Wildman–Crippen LogP) is 5.09. The minimum Gasteiger partial charge on any atom is -0.508 e. The number of benzene rings is 1. The highest BCUT2D eigenvalue weighted by Crippen LogP contribution is 2.21. The number of phenols is 1. The molecule has 0 saturated heterocycles. The molecule has 23 heavy (non-hydrogen) atoms. The largest absolute Gasteiger partial charge is 0.508 e. The van der Waals surface area contributed by atoms with Gasteiger partial charge >= 0.3 is 0 Å². The van der Waals surface area contributed by atoms with E-state index in [1.807, 2.05) is 0 Å². The van der Waals surface area contributed by atoms with Crippen molar-refractivity contribution in [2.24, 2.45) is 5.92 Å². The first-order valence-electron chi connectivity index (χ1n) is 8.46. The molecule has 0 radical (unpaired) electrons. The standard InChI is InChI=1S/C19H28O3S/c1-4-6-7-15(5-2)13-22-19(23)11-10-16-8-9-17(14(3)20)12-18(16)21/h8-9,12,15,21H,4-7,10-11,13H2,1-3H3. The Morgan fingerprint density at radius 2 is 2.09 bits per heavy atom. The Morgan fingerprint density at radius 1 is 1.35 bits per heavy atom. The van der Waals surface area contributed by atoms with E-state index in [0.29, 0.717) is 36.0 Å². The zero-order valence-corrected chi connectivity index (χ0v) is 15.2. The number of thiocarbonyl (C=S) groups is 1. The molecule has 0 heterocycles. The quantitative estimate of drug-likeness (QED) is 0.477. The van der Waals surface area contributed by atoms with Crippen molar-refractivity contribution in [2.45, 2.75) is 59.3 Å². The second-order valence-corrected chi connectivity index (χ2v) is 6.45. The first-order valence-corrected chi connectivity index (χ1v) is 8.87. The maximum absolute atomic E-state index is 11.3. The fourth-order valence-electron chi connectivity index (χ4n) is 2.41. The van der Waals surface area contributed by atoms with Crippen molar-refractivity contribution < 1.29 is 14.6 Å². The van der Waals surface area contributed by atoms with Crippen molar-refractivity contribution in [3.63, 3.8) is 0 Å². The number of unbranched alkanes of at least 4 members (excludes halogenated alkanes) is 1. The van der Waals surface area contributed by atoms with Crippen LogP contribution in [0.1, 0.15) is 68.8 Å². The Kier molecular flexibility index (Phi) is 8.85. The van der Waals surface area contributed by atoms with Crippen molar-refractivity contribution in [1.82, 2.24) is 0 Å². The SMILES string of the molecule is CCCCC(CC)COC(=S)CCc1ccc(C(C)=O)cc1O. The van der Waals surface area contributed by atoms with Gasteiger partial charge in [0.05, 0.1) is 6.61 Å². The van der Waals surface area contributed by atoms with E-state index in [-0.39, 0.29) is 11.5 Å². The maximum atomic E-state index is 11.3. The van der Waals surface area contributed by atoms with Gasteiger partial charge in [0.25, 0.3) is 0 Å². The fraction of sp³-hybridized carbons (Fsp3) is 0.579. The van der Waals surface area contributed by atoms with Gasteiger partial charge in [0.2, 0.25) is 0 Å². The van der Waals surface area contributed by atoms with Crippen molar-refractivity contribution in [1.29, 1.82) is 0 Å². The molecule has 4 heteroatoms. The van der Waals surface area contributed by atoms with Crippen LogP contribution in [0.15, 0.2) is 18.2 Å². The number of aromatic hydroxyl groups is 1. The molecule has 1 rings (SSSR count). The summed E-state index contributed by atoms with van der Waals surface area (Å²) in [5, 5.41) is 10.6. The Morgan fingerprint density at radius 3 is 2.65 bits per heavy atom. The lowest BCUT2D eigenvalue weighted by Crippen LogP contribution is -2.13. The highest BCUT2D eigenvalue weighted by Gasteiger charge is 2.10. The molecule has 0 saturated carbocycles. The van der Waals surface area contributed by atoms with E-state index in [2.05, 4.69) is 13.8 Å². The van der Waals surface area contributed by atoms with Gasteiger partial charge in [-0.2, -0.15) is 0 Å². The molecule has 0 aliphatic rings. The molecule has 1 atom stereocenters. The van der Waals surface area contributed by atoms with E-state index in [1.54, 1.807) is 12.1 Å². The molecule has 0 aliphatic heterocycles. The van der Waals surface area contributed by atoms with Crippen LogP contribution in [-0.2, 0) is 11.2 Å². The van der Waals surface area contributed by atoms with Gasteiger partial charge in [-0.25, -0.2) is 0 Å². The summed E-state index contributed by atoms with van der Waals surface area (Å²) in [4.78, 5) is 11.3. The first-order chi connectivity index (χ1) is 11.0. The summed E-state index contributed by atoms with van der Waals surface area (Å²) in [6.07, 6.45) is 5.95. The smallest absolute Gasteiger partial charge is 0.160 e. The van der Waals surface area contributed by atoms with Gasteiger partial charge in [-0.3, -0.25) is 4.79 Å². The predicted molar refractivity (Wildman–Crippen MR) is 98.3 cm³/mol. The molecular weight excluding hydrogens is 308 g/mol. The highest BCUT2D eigenvalue weighted by atomic mass is 32.1. The zero-order valence-electron chi connectivity index (χ0n) is 14.4. The average molecular weight is 336 g/mol. The molecule has 0 fully saturated rings. The number of hydrogen-bond acceptors (Lipinski definition) is 4. The Hall–Kier alpha value is -1.42. The van der Waals surface area contributed by atoms with Gasteiger partial charge in [-0.1, -0.05) is 45.2 Å². The summed E-state index contributed by atoms with van der Waals surface area (Å²) in [6, 6.07) is 5.03. The Labute approximate surface area is 145 Å². The van der Waals surface area contributed by atoms with Crippen LogP contribution in [0.2, 0.25) is 0 Å². The monoisotopic (exact) mass is 336 g/mol. The summed E-state index contributed by atoms with van der Waals surface area (Å²) in [5.41, 5.74) is 1.31. The number of hydrogen-bond donors (Lipinski definition) is 1.